The van der Waals surface area contributed by atoms with Crippen LogP contribution >= 0.6 is 0 Å². The van der Waals surface area contributed by atoms with Gasteiger partial charge in [0, 0.05) is 5.69 Å². The summed E-state index contributed by atoms with van der Waals surface area (Å²) in [6.07, 6.45) is -4.82. The topological polar surface area (TPSA) is 127 Å². The first-order valence-electron chi connectivity index (χ1n) is 7.57. The Hall–Kier alpha value is -3.22. The molecular formula is C15H12F3N5O4S. The molecule has 0 atom stereocenters. The summed E-state index contributed by atoms with van der Waals surface area (Å²) in [5.74, 6) is -1.95. The quantitative estimate of drug-likeness (QED) is 0.669. The minimum absolute atomic E-state index is 0.0313. The summed E-state index contributed by atoms with van der Waals surface area (Å²) in [6, 6.07) is 4.77. The summed E-state index contributed by atoms with van der Waals surface area (Å²) < 4.78 is 67.1. The van der Waals surface area contributed by atoms with Crippen LogP contribution in [-0.4, -0.2) is 39.1 Å². The van der Waals surface area contributed by atoms with Crippen LogP contribution in [0.2, 0.25) is 0 Å². The molecule has 0 aliphatic carbocycles. The van der Waals surface area contributed by atoms with Gasteiger partial charge in [-0.1, -0.05) is 12.1 Å². The molecule has 0 unspecified atom stereocenters. The number of anilines is 1. The molecule has 0 aliphatic rings. The van der Waals surface area contributed by atoms with Crippen LogP contribution in [-0.2, 0) is 16.2 Å². The second kappa shape index (κ2) is 6.44. The van der Waals surface area contributed by atoms with Gasteiger partial charge in [0.1, 0.15) is 0 Å². The van der Waals surface area contributed by atoms with Gasteiger partial charge in [0.2, 0.25) is 0 Å². The van der Waals surface area contributed by atoms with Crippen LogP contribution in [0.5, 0.6) is 0 Å². The molecule has 0 amide bonds. The van der Waals surface area contributed by atoms with Crippen molar-refractivity contribution in [3.05, 3.63) is 46.8 Å². The zero-order chi connectivity index (χ0) is 20.9. The third-order valence-corrected chi connectivity index (χ3v) is 4.82. The molecule has 0 radical (unpaired) electrons. The van der Waals surface area contributed by atoms with Gasteiger partial charge in [-0.15, -0.1) is 5.10 Å². The van der Waals surface area contributed by atoms with Crippen molar-refractivity contribution in [3.8, 4) is 0 Å². The summed E-state index contributed by atoms with van der Waals surface area (Å²) in [7, 11) is -4.59. The van der Waals surface area contributed by atoms with E-state index >= 15 is 0 Å². The van der Waals surface area contributed by atoms with Crippen molar-refractivity contribution in [2.45, 2.75) is 25.2 Å². The Morgan fingerprint density at radius 2 is 1.89 bits per heavy atom. The SMILES string of the molecule is Cc1cc(C(F)(F)F)n2nc(S(=O)(=O)Nc3c(C)cccc3C(=O)O)nc2n1. The molecule has 28 heavy (non-hydrogen) atoms. The molecule has 13 heteroatoms. The van der Waals surface area contributed by atoms with Gasteiger partial charge in [-0.25, -0.2) is 9.78 Å². The van der Waals surface area contributed by atoms with Gasteiger partial charge in [0.25, 0.3) is 21.0 Å². The van der Waals surface area contributed by atoms with Crippen molar-refractivity contribution in [1.82, 2.24) is 19.6 Å². The number of aryl methyl sites for hydroxylation is 2. The van der Waals surface area contributed by atoms with Gasteiger partial charge in [-0.2, -0.15) is 31.1 Å². The van der Waals surface area contributed by atoms with E-state index in [2.05, 4.69) is 15.1 Å². The Balaban J connectivity index is 2.14. The number of alkyl halides is 3. The minimum Gasteiger partial charge on any atom is -0.478 e. The lowest BCUT2D eigenvalue weighted by molar-refractivity contribution is -0.142. The molecule has 0 bridgehead atoms. The Morgan fingerprint density at radius 1 is 1.21 bits per heavy atom. The fourth-order valence-corrected chi connectivity index (χ4v) is 3.47. The van der Waals surface area contributed by atoms with Crippen LogP contribution in [0.25, 0.3) is 5.78 Å². The number of halogens is 3. The van der Waals surface area contributed by atoms with Crippen molar-refractivity contribution in [2.24, 2.45) is 0 Å². The van der Waals surface area contributed by atoms with E-state index in [0.29, 0.717) is 6.07 Å². The maximum Gasteiger partial charge on any atom is 0.433 e. The molecule has 2 aromatic heterocycles. The molecular weight excluding hydrogens is 403 g/mol. The third-order valence-electron chi connectivity index (χ3n) is 3.69. The first-order valence-corrected chi connectivity index (χ1v) is 9.06. The Bertz CT molecular complexity index is 1200. The Morgan fingerprint density at radius 3 is 2.50 bits per heavy atom. The molecule has 2 heterocycles. The van der Waals surface area contributed by atoms with E-state index in [1.807, 2.05) is 4.72 Å². The summed E-state index contributed by atoms with van der Waals surface area (Å²) in [6.45, 7) is 2.76. The lowest BCUT2D eigenvalue weighted by Gasteiger charge is -2.11. The molecule has 0 spiro atoms. The molecule has 2 N–H and O–H groups in total. The number of rotatable bonds is 4. The number of benzene rings is 1. The molecule has 148 valence electrons. The number of aromatic carboxylic acids is 1. The lowest BCUT2D eigenvalue weighted by atomic mass is 10.1. The normalized spacial score (nSPS) is 12.3. The predicted octanol–water partition coefficient (Wildman–Crippen LogP) is 2.26. The molecule has 3 aromatic rings. The zero-order valence-corrected chi connectivity index (χ0v) is 15.1. The van der Waals surface area contributed by atoms with Crippen molar-refractivity contribution < 1.29 is 31.5 Å². The van der Waals surface area contributed by atoms with E-state index in [1.54, 1.807) is 0 Å². The number of carboxylic acids is 1. The Kier molecular flexibility index (Phi) is 4.49. The van der Waals surface area contributed by atoms with Gasteiger partial charge in [-0.05, 0) is 31.5 Å². The van der Waals surface area contributed by atoms with E-state index in [4.69, 9.17) is 0 Å². The zero-order valence-electron chi connectivity index (χ0n) is 14.3. The second-order valence-electron chi connectivity index (χ2n) is 5.79. The standard InChI is InChI=1S/C15H12F3N5O4S/c1-7-4-3-5-9(12(24)25)11(7)22-28(26,27)14-20-13-19-8(2)6-10(15(16,17)18)23(13)21-14/h3-6,22H,1-2H3,(H,24,25). The highest BCUT2D eigenvalue weighted by Gasteiger charge is 2.36. The van der Waals surface area contributed by atoms with Crippen molar-refractivity contribution in [1.29, 1.82) is 0 Å². The number of aromatic nitrogens is 4. The van der Waals surface area contributed by atoms with Crippen LogP contribution in [0.1, 0.15) is 27.3 Å². The highest BCUT2D eigenvalue weighted by Crippen LogP contribution is 2.30. The van der Waals surface area contributed by atoms with E-state index in [9.17, 15) is 31.5 Å². The van der Waals surface area contributed by atoms with Crippen molar-refractivity contribution >= 4 is 27.5 Å². The third kappa shape index (κ3) is 3.47. The number of carboxylic acid groups (broad SMARTS) is 1. The first kappa shape index (κ1) is 19.5. The first-order chi connectivity index (χ1) is 12.9. The minimum atomic E-state index is -4.82. The highest BCUT2D eigenvalue weighted by molar-refractivity contribution is 7.92. The fourth-order valence-electron chi connectivity index (χ4n) is 2.45. The summed E-state index contributed by atoms with van der Waals surface area (Å²) in [4.78, 5) is 18.6. The number of hydrogen-bond donors (Lipinski definition) is 2. The van der Waals surface area contributed by atoms with Crippen LogP contribution in [0, 0.1) is 13.8 Å². The summed E-state index contributed by atoms with van der Waals surface area (Å²) in [5.41, 5.74) is -1.56. The Labute approximate surface area is 155 Å². The van der Waals surface area contributed by atoms with Gasteiger partial charge in [-0.3, -0.25) is 4.72 Å². The maximum atomic E-state index is 13.2. The number of hydrogen-bond acceptors (Lipinski definition) is 6. The van der Waals surface area contributed by atoms with Crippen LogP contribution in [0.15, 0.2) is 29.4 Å². The lowest BCUT2D eigenvalue weighted by Crippen LogP contribution is -2.18. The monoisotopic (exact) mass is 415 g/mol. The number of sulfonamides is 1. The van der Waals surface area contributed by atoms with E-state index < -0.39 is 38.8 Å². The van der Waals surface area contributed by atoms with Crippen LogP contribution in [0.3, 0.4) is 0 Å². The number of nitrogens with zero attached hydrogens (tertiary/aromatic N) is 4. The number of carbonyl (C=O) groups is 1. The molecule has 0 aliphatic heterocycles. The van der Waals surface area contributed by atoms with Gasteiger partial charge in [0.05, 0.1) is 11.3 Å². The molecule has 0 fully saturated rings. The highest BCUT2D eigenvalue weighted by atomic mass is 32.2. The molecule has 0 saturated heterocycles. The maximum absolute atomic E-state index is 13.2. The molecule has 3 rings (SSSR count). The number of para-hydroxylation sites is 1. The van der Waals surface area contributed by atoms with E-state index in [1.165, 1.54) is 32.0 Å². The van der Waals surface area contributed by atoms with Gasteiger partial charge in [0.15, 0.2) is 5.69 Å². The van der Waals surface area contributed by atoms with Crippen molar-refractivity contribution in [2.75, 3.05) is 4.72 Å². The summed E-state index contributed by atoms with van der Waals surface area (Å²) in [5, 5.41) is 11.7. The summed E-state index contributed by atoms with van der Waals surface area (Å²) >= 11 is 0. The fraction of sp³-hybridized carbons (Fsp3) is 0.200. The van der Waals surface area contributed by atoms with Crippen molar-refractivity contribution in [3.63, 3.8) is 0 Å². The van der Waals surface area contributed by atoms with E-state index in [-0.39, 0.29) is 27.0 Å². The number of nitrogens with one attached hydrogen (secondary N) is 1. The number of fused-ring (bicyclic) bond motifs is 1. The van der Waals surface area contributed by atoms with Gasteiger partial charge >= 0.3 is 12.1 Å². The van der Waals surface area contributed by atoms with Crippen LogP contribution in [0.4, 0.5) is 18.9 Å². The second-order valence-corrected chi connectivity index (χ2v) is 7.37. The molecule has 1 aromatic carbocycles. The smallest absolute Gasteiger partial charge is 0.433 e. The predicted molar refractivity (Wildman–Crippen MR) is 89.5 cm³/mol. The van der Waals surface area contributed by atoms with Gasteiger partial charge < -0.3 is 5.11 Å². The van der Waals surface area contributed by atoms with Crippen LogP contribution < -0.4 is 4.72 Å². The molecule has 9 nitrogen and oxygen atoms in total. The molecule has 0 saturated carbocycles. The average Bonchev–Trinajstić information content (AvgIpc) is 2.99. The largest absolute Gasteiger partial charge is 0.478 e. The van der Waals surface area contributed by atoms with E-state index in [0.717, 1.165) is 0 Å². The average molecular weight is 415 g/mol.